The molecule has 5 heteroatoms. The summed E-state index contributed by atoms with van der Waals surface area (Å²) in [7, 11) is 3.64. The molecule has 112 valence electrons. The Morgan fingerprint density at radius 2 is 2.19 bits per heavy atom. The topological polar surface area (TPSA) is 21.3 Å². The molecule has 2 nitrogen and oxygen atoms in total. The van der Waals surface area contributed by atoms with Gasteiger partial charge in [0, 0.05) is 15.5 Å². The number of fused-ring (bicyclic) bond motifs is 1. The second-order valence-corrected chi connectivity index (χ2v) is 7.70. The SMILES string of the molecule is CNC(c1ccc(OC)c(Cl)c1)c1cc2c(s1)CCSC2. The molecule has 1 aromatic heterocycles. The molecular formula is C16H18ClNOS2. The third-order valence-electron chi connectivity index (χ3n) is 3.73. The maximum absolute atomic E-state index is 6.27. The fourth-order valence-electron chi connectivity index (χ4n) is 2.65. The summed E-state index contributed by atoms with van der Waals surface area (Å²) in [5, 5.41) is 4.07. The van der Waals surface area contributed by atoms with Crippen molar-refractivity contribution in [1.82, 2.24) is 5.32 Å². The number of benzene rings is 1. The summed E-state index contributed by atoms with van der Waals surface area (Å²) in [5.41, 5.74) is 2.68. The monoisotopic (exact) mass is 339 g/mol. The van der Waals surface area contributed by atoms with Crippen LogP contribution < -0.4 is 10.1 Å². The Hall–Kier alpha value is -0.680. The van der Waals surface area contributed by atoms with E-state index in [1.165, 1.54) is 28.2 Å². The smallest absolute Gasteiger partial charge is 0.137 e. The number of ether oxygens (including phenoxy) is 1. The Morgan fingerprint density at radius 3 is 2.86 bits per heavy atom. The summed E-state index contributed by atoms with van der Waals surface area (Å²) in [6.07, 6.45) is 1.20. The Labute approximate surface area is 138 Å². The Morgan fingerprint density at radius 1 is 1.33 bits per heavy atom. The molecule has 1 aromatic carbocycles. The molecule has 0 amide bonds. The first kappa shape index (κ1) is 15.2. The lowest BCUT2D eigenvalue weighted by atomic mass is 10.0. The fourth-order valence-corrected chi connectivity index (χ4v) is 5.43. The molecule has 2 aromatic rings. The van der Waals surface area contributed by atoms with Crippen molar-refractivity contribution in [1.29, 1.82) is 0 Å². The van der Waals surface area contributed by atoms with Crippen LogP contribution in [0, 0.1) is 0 Å². The molecule has 21 heavy (non-hydrogen) atoms. The normalized spacial score (nSPS) is 15.6. The molecule has 0 bridgehead atoms. The van der Waals surface area contributed by atoms with Crippen molar-refractivity contribution in [2.24, 2.45) is 0 Å². The number of aryl methyl sites for hydroxylation is 1. The summed E-state index contributed by atoms with van der Waals surface area (Å²) in [4.78, 5) is 2.91. The van der Waals surface area contributed by atoms with Crippen LogP contribution in [0.2, 0.25) is 5.02 Å². The predicted molar refractivity (Wildman–Crippen MR) is 93.1 cm³/mol. The minimum Gasteiger partial charge on any atom is -0.495 e. The number of nitrogens with one attached hydrogen (secondary N) is 1. The van der Waals surface area contributed by atoms with Crippen LogP contribution in [-0.2, 0) is 12.2 Å². The van der Waals surface area contributed by atoms with Crippen LogP contribution in [0.4, 0.5) is 0 Å². The summed E-state index contributed by atoms with van der Waals surface area (Å²) < 4.78 is 5.23. The van der Waals surface area contributed by atoms with E-state index in [0.29, 0.717) is 5.02 Å². The van der Waals surface area contributed by atoms with Crippen LogP contribution in [0.1, 0.15) is 26.9 Å². The highest BCUT2D eigenvalue weighted by Gasteiger charge is 2.20. The third kappa shape index (κ3) is 3.09. The van der Waals surface area contributed by atoms with Crippen LogP contribution in [-0.4, -0.2) is 19.9 Å². The second kappa shape index (κ2) is 6.61. The van der Waals surface area contributed by atoms with Gasteiger partial charge in [-0.25, -0.2) is 0 Å². The molecule has 2 heterocycles. The van der Waals surface area contributed by atoms with Crippen molar-refractivity contribution in [3.05, 3.63) is 50.2 Å². The van der Waals surface area contributed by atoms with E-state index < -0.39 is 0 Å². The second-order valence-electron chi connectivity index (χ2n) is 5.02. The van der Waals surface area contributed by atoms with Gasteiger partial charge in [0.1, 0.15) is 5.75 Å². The van der Waals surface area contributed by atoms with Gasteiger partial charge in [-0.05, 0) is 48.5 Å². The van der Waals surface area contributed by atoms with Crippen LogP contribution in [0.25, 0.3) is 0 Å². The molecular weight excluding hydrogens is 322 g/mol. The lowest BCUT2D eigenvalue weighted by Crippen LogP contribution is -2.16. The number of halogens is 1. The molecule has 1 aliphatic rings. The van der Waals surface area contributed by atoms with Crippen LogP contribution >= 0.6 is 34.7 Å². The zero-order chi connectivity index (χ0) is 14.8. The summed E-state index contributed by atoms with van der Waals surface area (Å²) >= 11 is 10.2. The van der Waals surface area contributed by atoms with Gasteiger partial charge >= 0.3 is 0 Å². The van der Waals surface area contributed by atoms with Crippen molar-refractivity contribution in [2.75, 3.05) is 19.9 Å². The predicted octanol–water partition coefficient (Wildman–Crippen LogP) is 4.51. The van der Waals surface area contributed by atoms with E-state index in [9.17, 15) is 0 Å². The summed E-state index contributed by atoms with van der Waals surface area (Å²) in [5.74, 6) is 3.11. The lowest BCUT2D eigenvalue weighted by Gasteiger charge is -2.16. The van der Waals surface area contributed by atoms with E-state index in [-0.39, 0.29) is 6.04 Å². The highest BCUT2D eigenvalue weighted by molar-refractivity contribution is 7.98. The average molecular weight is 340 g/mol. The van der Waals surface area contributed by atoms with Gasteiger partial charge in [-0.15, -0.1) is 11.3 Å². The molecule has 1 atom stereocenters. The summed E-state index contributed by atoms with van der Waals surface area (Å²) in [6, 6.07) is 8.56. The van der Waals surface area contributed by atoms with Crippen molar-refractivity contribution < 1.29 is 4.74 Å². The number of hydrogen-bond acceptors (Lipinski definition) is 4. The Balaban J connectivity index is 1.94. The molecule has 3 rings (SSSR count). The van der Waals surface area contributed by atoms with Crippen LogP contribution in [0.15, 0.2) is 24.3 Å². The largest absolute Gasteiger partial charge is 0.495 e. The third-order valence-corrected chi connectivity index (χ3v) is 6.33. The van der Waals surface area contributed by atoms with Crippen molar-refractivity contribution >= 4 is 34.7 Å². The van der Waals surface area contributed by atoms with E-state index in [4.69, 9.17) is 16.3 Å². The quantitative estimate of drug-likeness (QED) is 0.885. The first-order chi connectivity index (χ1) is 10.2. The van der Waals surface area contributed by atoms with Gasteiger partial charge in [0.05, 0.1) is 18.2 Å². The minimum absolute atomic E-state index is 0.189. The first-order valence-electron chi connectivity index (χ1n) is 6.93. The fraction of sp³-hybridized carbons (Fsp3) is 0.375. The zero-order valence-corrected chi connectivity index (χ0v) is 14.5. The van der Waals surface area contributed by atoms with E-state index in [1.807, 2.05) is 42.3 Å². The lowest BCUT2D eigenvalue weighted by molar-refractivity contribution is 0.414. The van der Waals surface area contributed by atoms with Crippen molar-refractivity contribution in [3.8, 4) is 5.75 Å². The minimum atomic E-state index is 0.189. The van der Waals surface area contributed by atoms with Crippen molar-refractivity contribution in [2.45, 2.75) is 18.2 Å². The zero-order valence-electron chi connectivity index (χ0n) is 12.1. The van der Waals surface area contributed by atoms with Gasteiger partial charge in [-0.3, -0.25) is 0 Å². The van der Waals surface area contributed by atoms with E-state index in [2.05, 4.69) is 17.4 Å². The van der Waals surface area contributed by atoms with Gasteiger partial charge in [0.25, 0.3) is 0 Å². The average Bonchev–Trinajstić information content (AvgIpc) is 2.91. The number of hydrogen-bond donors (Lipinski definition) is 1. The molecule has 0 spiro atoms. The van der Waals surface area contributed by atoms with E-state index in [0.717, 1.165) is 11.5 Å². The summed E-state index contributed by atoms with van der Waals surface area (Å²) in [6.45, 7) is 0. The Kier molecular flexibility index (Phi) is 4.79. The van der Waals surface area contributed by atoms with Crippen LogP contribution in [0.3, 0.4) is 0 Å². The number of rotatable bonds is 4. The van der Waals surface area contributed by atoms with Crippen molar-refractivity contribution in [3.63, 3.8) is 0 Å². The molecule has 0 saturated carbocycles. The van der Waals surface area contributed by atoms with E-state index >= 15 is 0 Å². The Bertz CT molecular complexity index is 618. The molecule has 0 radical (unpaired) electrons. The van der Waals surface area contributed by atoms with Gasteiger partial charge < -0.3 is 10.1 Å². The molecule has 0 fully saturated rings. The molecule has 1 aliphatic heterocycles. The maximum atomic E-state index is 6.27. The van der Waals surface area contributed by atoms with Gasteiger partial charge in [-0.2, -0.15) is 11.8 Å². The first-order valence-corrected chi connectivity index (χ1v) is 9.27. The maximum Gasteiger partial charge on any atom is 0.137 e. The number of thiophene rings is 1. The number of thioether (sulfide) groups is 1. The molecule has 0 saturated heterocycles. The molecule has 1 N–H and O–H groups in total. The van der Waals surface area contributed by atoms with Crippen LogP contribution in [0.5, 0.6) is 5.75 Å². The van der Waals surface area contributed by atoms with Gasteiger partial charge in [0.15, 0.2) is 0 Å². The highest BCUT2D eigenvalue weighted by atomic mass is 35.5. The number of methoxy groups -OCH3 is 1. The molecule has 0 aliphatic carbocycles. The van der Waals surface area contributed by atoms with E-state index in [1.54, 1.807) is 12.0 Å². The standard InChI is InChI=1S/C16H18ClNOS2/c1-18-16(10-3-4-13(19-2)12(17)7-10)15-8-11-9-20-6-5-14(11)21-15/h3-4,7-8,16,18H,5-6,9H2,1-2H3. The van der Waals surface area contributed by atoms with Gasteiger partial charge in [0.2, 0.25) is 0 Å². The molecule has 1 unspecified atom stereocenters. The highest BCUT2D eigenvalue weighted by Crippen LogP contribution is 2.37. The van der Waals surface area contributed by atoms with Gasteiger partial charge in [-0.1, -0.05) is 17.7 Å².